The van der Waals surface area contributed by atoms with E-state index in [1.807, 2.05) is 24.3 Å². The van der Waals surface area contributed by atoms with Gasteiger partial charge in [0, 0.05) is 12.2 Å². The number of anilines is 1. The molecular weight excluding hydrogens is 374 g/mol. The lowest BCUT2D eigenvalue weighted by Crippen LogP contribution is -2.11. The molecule has 3 aromatic rings. The molecule has 0 spiro atoms. The van der Waals surface area contributed by atoms with Crippen LogP contribution in [0.25, 0.3) is 0 Å². The number of hydrogen-bond acceptors (Lipinski definition) is 5. The highest BCUT2D eigenvalue weighted by Gasteiger charge is 2.08. The van der Waals surface area contributed by atoms with E-state index in [1.54, 1.807) is 11.8 Å². The molecule has 0 radical (unpaired) electrons. The number of thioether (sulfide) groups is 1. The Labute approximate surface area is 168 Å². The maximum Gasteiger partial charge on any atom is 0.226 e. The summed E-state index contributed by atoms with van der Waals surface area (Å²) >= 11 is 3.14. The Morgan fingerprint density at radius 3 is 2.19 bits per heavy atom. The Hall–Kier alpha value is -2.18. The van der Waals surface area contributed by atoms with Crippen LogP contribution in [0.3, 0.4) is 0 Å². The average molecular weight is 398 g/mol. The van der Waals surface area contributed by atoms with Crippen molar-refractivity contribution in [2.75, 3.05) is 11.1 Å². The minimum absolute atomic E-state index is 0.00251. The second-order valence-electron chi connectivity index (χ2n) is 6.20. The lowest BCUT2D eigenvalue weighted by Gasteiger charge is -2.02. The van der Waals surface area contributed by atoms with Gasteiger partial charge in [-0.05, 0) is 36.8 Å². The van der Waals surface area contributed by atoms with Gasteiger partial charge in [0.1, 0.15) is 0 Å². The molecule has 0 fully saturated rings. The van der Waals surface area contributed by atoms with Gasteiger partial charge in [-0.15, -0.1) is 10.2 Å². The highest BCUT2D eigenvalue weighted by atomic mass is 32.2. The number of aromatic nitrogens is 2. The van der Waals surface area contributed by atoms with Crippen molar-refractivity contribution in [1.82, 2.24) is 10.2 Å². The number of carbonyl (C=O) groups is 1. The number of benzene rings is 2. The Kier molecular flexibility index (Phi) is 7.86. The predicted octanol–water partition coefficient (Wildman–Crippen LogP) is 5.22. The standard InChI is InChI=1S/C21H23N3OS2/c25-19(15-7-13-17-9-3-1-4-10-17)22-20-23-24-21(27-20)26-16-8-14-18-11-5-2-6-12-18/h1-6,9-12H,7-8,13-16H2,(H,22,23,25). The van der Waals surface area contributed by atoms with Gasteiger partial charge in [-0.1, -0.05) is 83.8 Å². The average Bonchev–Trinajstić information content (AvgIpc) is 3.14. The van der Waals surface area contributed by atoms with Crippen LogP contribution in [0.15, 0.2) is 65.0 Å². The first-order valence-corrected chi connectivity index (χ1v) is 10.9. The molecule has 0 atom stereocenters. The van der Waals surface area contributed by atoms with Gasteiger partial charge in [0.25, 0.3) is 0 Å². The topological polar surface area (TPSA) is 54.9 Å². The molecule has 1 aromatic heterocycles. The zero-order valence-corrected chi connectivity index (χ0v) is 16.8. The fourth-order valence-electron chi connectivity index (χ4n) is 2.68. The van der Waals surface area contributed by atoms with Gasteiger partial charge in [0.05, 0.1) is 0 Å². The van der Waals surface area contributed by atoms with Gasteiger partial charge < -0.3 is 5.32 Å². The second-order valence-corrected chi connectivity index (χ2v) is 8.52. The number of nitrogens with one attached hydrogen (secondary N) is 1. The molecule has 0 aliphatic rings. The minimum Gasteiger partial charge on any atom is -0.301 e. The molecule has 1 amide bonds. The van der Waals surface area contributed by atoms with Crippen molar-refractivity contribution in [3.63, 3.8) is 0 Å². The number of aryl methyl sites for hydroxylation is 2. The molecule has 27 heavy (non-hydrogen) atoms. The SMILES string of the molecule is O=C(CCCc1ccccc1)Nc1nnc(SCCCc2ccccc2)s1. The monoisotopic (exact) mass is 397 g/mol. The largest absolute Gasteiger partial charge is 0.301 e. The summed E-state index contributed by atoms with van der Waals surface area (Å²) in [5, 5.41) is 11.7. The molecule has 0 aliphatic carbocycles. The summed E-state index contributed by atoms with van der Waals surface area (Å²) in [4.78, 5) is 12.1. The molecule has 1 heterocycles. The Balaban J connectivity index is 1.33. The third-order valence-corrected chi connectivity index (χ3v) is 6.10. The molecule has 6 heteroatoms. The molecular formula is C21H23N3OS2. The molecule has 0 saturated heterocycles. The summed E-state index contributed by atoms with van der Waals surface area (Å²) in [6, 6.07) is 20.7. The van der Waals surface area contributed by atoms with Gasteiger partial charge in [0.15, 0.2) is 4.34 Å². The normalized spacial score (nSPS) is 10.7. The Bertz CT molecular complexity index is 822. The zero-order valence-electron chi connectivity index (χ0n) is 15.1. The number of hydrogen-bond donors (Lipinski definition) is 1. The summed E-state index contributed by atoms with van der Waals surface area (Å²) < 4.78 is 0.905. The van der Waals surface area contributed by atoms with Crippen LogP contribution >= 0.6 is 23.1 Å². The van der Waals surface area contributed by atoms with E-state index in [9.17, 15) is 4.79 Å². The first-order chi connectivity index (χ1) is 13.3. The fraction of sp³-hybridized carbons (Fsp3) is 0.286. The highest BCUT2D eigenvalue weighted by Crippen LogP contribution is 2.26. The molecule has 140 valence electrons. The number of carbonyl (C=O) groups excluding carboxylic acids is 1. The van der Waals surface area contributed by atoms with E-state index in [1.165, 1.54) is 22.5 Å². The van der Waals surface area contributed by atoms with Gasteiger partial charge in [-0.3, -0.25) is 4.79 Å². The van der Waals surface area contributed by atoms with E-state index in [4.69, 9.17) is 0 Å². The summed E-state index contributed by atoms with van der Waals surface area (Å²) in [6.07, 6.45) is 4.39. The van der Waals surface area contributed by atoms with E-state index >= 15 is 0 Å². The molecule has 3 rings (SSSR count). The molecule has 1 N–H and O–H groups in total. The van der Waals surface area contributed by atoms with Crippen molar-refractivity contribution >= 4 is 34.1 Å². The maximum absolute atomic E-state index is 12.1. The van der Waals surface area contributed by atoms with Gasteiger partial charge >= 0.3 is 0 Å². The summed E-state index contributed by atoms with van der Waals surface area (Å²) in [7, 11) is 0. The maximum atomic E-state index is 12.1. The molecule has 0 saturated carbocycles. The van der Waals surface area contributed by atoms with E-state index in [2.05, 4.69) is 51.9 Å². The predicted molar refractivity (Wildman–Crippen MR) is 113 cm³/mol. The van der Waals surface area contributed by atoms with Crippen LogP contribution < -0.4 is 5.32 Å². The van der Waals surface area contributed by atoms with Crippen LogP contribution in [0.5, 0.6) is 0 Å². The summed E-state index contributed by atoms with van der Waals surface area (Å²) in [5.41, 5.74) is 2.62. The van der Waals surface area contributed by atoms with E-state index in [0.717, 1.165) is 35.8 Å². The van der Waals surface area contributed by atoms with Crippen LogP contribution in [0.1, 0.15) is 30.4 Å². The van der Waals surface area contributed by atoms with Crippen molar-refractivity contribution in [2.45, 2.75) is 36.4 Å². The lowest BCUT2D eigenvalue weighted by molar-refractivity contribution is -0.116. The number of rotatable bonds is 10. The van der Waals surface area contributed by atoms with Crippen LogP contribution in [-0.2, 0) is 17.6 Å². The molecule has 0 unspecified atom stereocenters. The third kappa shape index (κ3) is 7.15. The van der Waals surface area contributed by atoms with Gasteiger partial charge in [-0.25, -0.2) is 0 Å². The minimum atomic E-state index is 0.00251. The quantitative estimate of drug-likeness (QED) is 0.289. The molecule has 0 aliphatic heterocycles. The first-order valence-electron chi connectivity index (χ1n) is 9.13. The molecule has 2 aromatic carbocycles. The van der Waals surface area contributed by atoms with Gasteiger partial charge in [0.2, 0.25) is 11.0 Å². The van der Waals surface area contributed by atoms with E-state index in [-0.39, 0.29) is 5.91 Å². The number of nitrogens with zero attached hydrogens (tertiary/aromatic N) is 2. The van der Waals surface area contributed by atoms with Gasteiger partial charge in [-0.2, -0.15) is 0 Å². The Morgan fingerprint density at radius 1 is 0.889 bits per heavy atom. The van der Waals surface area contributed by atoms with E-state index in [0.29, 0.717) is 11.6 Å². The van der Waals surface area contributed by atoms with Crippen LogP contribution in [0, 0.1) is 0 Å². The van der Waals surface area contributed by atoms with Crippen LogP contribution in [0.4, 0.5) is 5.13 Å². The highest BCUT2D eigenvalue weighted by molar-refractivity contribution is 8.01. The second kappa shape index (κ2) is 10.8. The number of amides is 1. The molecule has 4 nitrogen and oxygen atoms in total. The van der Waals surface area contributed by atoms with Crippen molar-refractivity contribution in [3.8, 4) is 0 Å². The fourth-order valence-corrected chi connectivity index (χ4v) is 4.46. The smallest absolute Gasteiger partial charge is 0.226 e. The summed E-state index contributed by atoms with van der Waals surface area (Å²) in [6.45, 7) is 0. The van der Waals surface area contributed by atoms with Crippen molar-refractivity contribution in [1.29, 1.82) is 0 Å². The molecule has 0 bridgehead atoms. The van der Waals surface area contributed by atoms with Crippen molar-refractivity contribution in [3.05, 3.63) is 71.8 Å². The zero-order chi connectivity index (χ0) is 18.7. The lowest BCUT2D eigenvalue weighted by atomic mass is 10.1. The Morgan fingerprint density at radius 2 is 1.52 bits per heavy atom. The van der Waals surface area contributed by atoms with Crippen molar-refractivity contribution in [2.24, 2.45) is 0 Å². The van der Waals surface area contributed by atoms with E-state index < -0.39 is 0 Å². The third-order valence-electron chi connectivity index (χ3n) is 4.04. The van der Waals surface area contributed by atoms with Crippen LogP contribution in [-0.4, -0.2) is 21.9 Å². The van der Waals surface area contributed by atoms with Crippen LogP contribution in [0.2, 0.25) is 0 Å². The first kappa shape index (κ1) is 19.6. The van der Waals surface area contributed by atoms with Crippen molar-refractivity contribution < 1.29 is 4.79 Å². The summed E-state index contributed by atoms with van der Waals surface area (Å²) in [5.74, 6) is 0.997.